The van der Waals surface area contributed by atoms with E-state index >= 15 is 0 Å². The van der Waals surface area contributed by atoms with E-state index in [2.05, 4.69) is 15.4 Å². The summed E-state index contributed by atoms with van der Waals surface area (Å²) < 4.78 is 1.95. The topological polar surface area (TPSA) is 68.8 Å². The highest BCUT2D eigenvalue weighted by molar-refractivity contribution is 5.79. The molecule has 0 spiro atoms. The molecule has 2 aromatic heterocycles. The molecule has 5 nitrogen and oxygen atoms in total. The predicted molar refractivity (Wildman–Crippen MR) is 74.1 cm³/mol. The second-order valence-electron chi connectivity index (χ2n) is 4.45. The fourth-order valence-electron chi connectivity index (χ4n) is 2.24. The Labute approximate surface area is 111 Å². The Hall–Kier alpha value is -2.24. The van der Waals surface area contributed by atoms with Crippen molar-refractivity contribution >= 4 is 10.9 Å². The van der Waals surface area contributed by atoms with Crippen LogP contribution in [0.3, 0.4) is 0 Å². The number of pyridine rings is 1. The van der Waals surface area contributed by atoms with Crippen LogP contribution in [-0.2, 0) is 7.05 Å². The summed E-state index contributed by atoms with van der Waals surface area (Å²) >= 11 is 0. The molecule has 0 aliphatic heterocycles. The zero-order chi connectivity index (χ0) is 13.2. The van der Waals surface area contributed by atoms with Crippen molar-refractivity contribution in [1.29, 1.82) is 0 Å². The molecule has 0 fully saturated rings. The minimum absolute atomic E-state index is 0.147. The molecule has 96 valence electrons. The molecule has 0 saturated carbocycles. The molecule has 19 heavy (non-hydrogen) atoms. The summed E-state index contributed by atoms with van der Waals surface area (Å²) in [5.41, 5.74) is 4.81. The summed E-state index contributed by atoms with van der Waals surface area (Å²) in [5, 5.41) is 1.11. The molecule has 2 heterocycles. The summed E-state index contributed by atoms with van der Waals surface area (Å²) in [4.78, 5) is 8.71. The third-order valence-corrected chi connectivity index (χ3v) is 3.25. The number of hydrogen-bond donors (Lipinski definition) is 2. The van der Waals surface area contributed by atoms with E-state index in [9.17, 15) is 0 Å². The summed E-state index contributed by atoms with van der Waals surface area (Å²) in [5.74, 6) is 6.56. The fraction of sp³-hybridized carbons (Fsp3) is 0.143. The van der Waals surface area contributed by atoms with E-state index < -0.39 is 0 Å². The molecule has 0 aliphatic carbocycles. The lowest BCUT2D eigenvalue weighted by atomic mass is 10.0. The molecule has 0 saturated heterocycles. The Balaban J connectivity index is 2.09. The monoisotopic (exact) mass is 253 g/mol. The van der Waals surface area contributed by atoms with Gasteiger partial charge in [-0.05, 0) is 17.7 Å². The van der Waals surface area contributed by atoms with Crippen molar-refractivity contribution in [3.63, 3.8) is 0 Å². The normalized spacial score (nSPS) is 12.7. The molecule has 3 N–H and O–H groups in total. The molecule has 0 aliphatic rings. The van der Waals surface area contributed by atoms with Gasteiger partial charge < -0.3 is 4.57 Å². The molecule has 5 heteroatoms. The average Bonchev–Trinajstić information content (AvgIpc) is 2.86. The van der Waals surface area contributed by atoms with Crippen molar-refractivity contribution < 1.29 is 0 Å². The van der Waals surface area contributed by atoms with Gasteiger partial charge in [0.2, 0.25) is 0 Å². The Kier molecular flexibility index (Phi) is 2.98. The van der Waals surface area contributed by atoms with Crippen LogP contribution in [0.2, 0.25) is 0 Å². The van der Waals surface area contributed by atoms with Gasteiger partial charge in [-0.15, -0.1) is 0 Å². The fourth-order valence-corrected chi connectivity index (χ4v) is 2.24. The number of nitrogens with two attached hydrogens (primary N) is 1. The number of rotatable bonds is 3. The lowest BCUT2D eigenvalue weighted by molar-refractivity contribution is 0.580. The van der Waals surface area contributed by atoms with E-state index in [4.69, 9.17) is 5.84 Å². The van der Waals surface area contributed by atoms with Crippen LogP contribution in [0.1, 0.15) is 17.4 Å². The summed E-state index contributed by atoms with van der Waals surface area (Å²) in [7, 11) is 1.95. The molecule has 1 atom stereocenters. The molecule has 0 amide bonds. The van der Waals surface area contributed by atoms with E-state index in [0.29, 0.717) is 0 Å². The molecule has 1 aromatic carbocycles. The Morgan fingerprint density at radius 3 is 2.84 bits per heavy atom. The van der Waals surface area contributed by atoms with Gasteiger partial charge in [-0.2, -0.15) is 0 Å². The van der Waals surface area contributed by atoms with Gasteiger partial charge in [-0.25, -0.2) is 10.4 Å². The van der Waals surface area contributed by atoms with Crippen LogP contribution in [-0.4, -0.2) is 14.5 Å². The Morgan fingerprint density at radius 2 is 2.11 bits per heavy atom. The van der Waals surface area contributed by atoms with Crippen molar-refractivity contribution in [3.8, 4) is 0 Å². The molecule has 3 rings (SSSR count). The lowest BCUT2D eigenvalue weighted by Crippen LogP contribution is -2.30. The van der Waals surface area contributed by atoms with Gasteiger partial charge >= 0.3 is 0 Å². The van der Waals surface area contributed by atoms with Crippen LogP contribution in [0.4, 0.5) is 0 Å². The number of aryl methyl sites for hydroxylation is 1. The number of nitrogens with one attached hydrogen (secondary N) is 1. The van der Waals surface area contributed by atoms with Crippen molar-refractivity contribution in [1.82, 2.24) is 20.0 Å². The third kappa shape index (κ3) is 2.09. The molecule has 1 unspecified atom stereocenters. The zero-order valence-electron chi connectivity index (χ0n) is 10.6. The molecule has 0 radical (unpaired) electrons. The van der Waals surface area contributed by atoms with Gasteiger partial charge in [0.25, 0.3) is 0 Å². The number of aromatic nitrogens is 3. The second-order valence-corrected chi connectivity index (χ2v) is 4.45. The summed E-state index contributed by atoms with van der Waals surface area (Å²) in [6, 6.07) is 9.95. The summed E-state index contributed by atoms with van der Waals surface area (Å²) in [6.07, 6.45) is 5.45. The van der Waals surface area contributed by atoms with E-state index in [1.54, 1.807) is 12.4 Å². The summed E-state index contributed by atoms with van der Waals surface area (Å²) in [6.45, 7) is 0. The van der Waals surface area contributed by atoms with E-state index in [1.807, 2.05) is 48.1 Å². The van der Waals surface area contributed by atoms with Gasteiger partial charge in [0.05, 0.1) is 5.52 Å². The Bertz CT molecular complexity index is 704. The first-order valence-electron chi connectivity index (χ1n) is 6.07. The van der Waals surface area contributed by atoms with E-state index in [-0.39, 0.29) is 6.04 Å². The molecule has 3 aromatic rings. The highest BCUT2D eigenvalue weighted by atomic mass is 15.3. The van der Waals surface area contributed by atoms with Crippen molar-refractivity contribution in [2.75, 3.05) is 0 Å². The van der Waals surface area contributed by atoms with Crippen LogP contribution >= 0.6 is 0 Å². The van der Waals surface area contributed by atoms with E-state index in [1.165, 1.54) is 0 Å². The first-order valence-corrected chi connectivity index (χ1v) is 6.07. The first kappa shape index (κ1) is 11.8. The average molecular weight is 253 g/mol. The number of hydrazine groups is 1. The maximum Gasteiger partial charge on any atom is 0.131 e. The van der Waals surface area contributed by atoms with E-state index in [0.717, 1.165) is 22.3 Å². The maximum absolute atomic E-state index is 5.69. The third-order valence-electron chi connectivity index (χ3n) is 3.25. The highest BCUT2D eigenvalue weighted by Crippen LogP contribution is 2.22. The van der Waals surface area contributed by atoms with Crippen molar-refractivity contribution in [2.45, 2.75) is 6.04 Å². The first-order chi connectivity index (χ1) is 9.29. The number of imidazole rings is 1. The quantitative estimate of drug-likeness (QED) is 0.548. The van der Waals surface area contributed by atoms with Gasteiger partial charge in [0, 0.05) is 31.0 Å². The maximum atomic E-state index is 5.69. The van der Waals surface area contributed by atoms with Crippen LogP contribution in [0.25, 0.3) is 10.9 Å². The number of fused-ring (bicyclic) bond motifs is 1. The van der Waals surface area contributed by atoms with Crippen LogP contribution in [0.15, 0.2) is 48.9 Å². The van der Waals surface area contributed by atoms with Crippen LogP contribution in [0, 0.1) is 0 Å². The zero-order valence-corrected chi connectivity index (χ0v) is 10.6. The smallest absolute Gasteiger partial charge is 0.131 e. The SMILES string of the molecule is Cn1ccnc1C(NN)c1ccc2cccnc2c1. The van der Waals surface area contributed by atoms with Gasteiger partial charge in [0.1, 0.15) is 11.9 Å². The largest absolute Gasteiger partial charge is 0.336 e. The second kappa shape index (κ2) is 4.79. The molecule has 0 bridgehead atoms. The predicted octanol–water partition coefficient (Wildman–Crippen LogP) is 1.52. The Morgan fingerprint density at radius 1 is 1.21 bits per heavy atom. The number of hydrogen-bond acceptors (Lipinski definition) is 4. The number of nitrogens with zero attached hydrogens (tertiary/aromatic N) is 3. The van der Waals surface area contributed by atoms with Gasteiger partial charge in [0.15, 0.2) is 0 Å². The van der Waals surface area contributed by atoms with Crippen LogP contribution < -0.4 is 11.3 Å². The highest BCUT2D eigenvalue weighted by Gasteiger charge is 2.16. The molecular formula is C14H15N5. The minimum atomic E-state index is -0.147. The van der Waals surface area contributed by atoms with Gasteiger partial charge in [-0.1, -0.05) is 18.2 Å². The molecular weight excluding hydrogens is 238 g/mol. The minimum Gasteiger partial charge on any atom is -0.336 e. The van der Waals surface area contributed by atoms with Crippen LogP contribution in [0.5, 0.6) is 0 Å². The standard InChI is InChI=1S/C14H15N5/c1-19-8-7-17-14(19)13(18-15)11-5-4-10-3-2-6-16-12(10)9-11/h2-9,13,18H,15H2,1H3. The van der Waals surface area contributed by atoms with Crippen molar-refractivity contribution in [3.05, 3.63) is 60.3 Å². The van der Waals surface area contributed by atoms with Gasteiger partial charge in [-0.3, -0.25) is 10.8 Å². The lowest BCUT2D eigenvalue weighted by Gasteiger charge is -2.16. The van der Waals surface area contributed by atoms with Crippen molar-refractivity contribution in [2.24, 2.45) is 12.9 Å². The number of benzene rings is 1.